The number of carboxylic acids is 2. The zero-order valence-electron chi connectivity index (χ0n) is 4.63. The molecule has 4 radical (unpaired) electrons. The van der Waals surface area contributed by atoms with E-state index in [-0.39, 0.29) is 36.7 Å². The van der Waals surface area contributed by atoms with Gasteiger partial charge < -0.3 is 10.2 Å². The van der Waals surface area contributed by atoms with E-state index in [0.717, 1.165) is 0 Å². The SMILES string of the molecule is O=C(O)CCC(=O)O.[Sn]. The normalized spacial score (nSPS) is 7.56. The molecule has 50 valence electrons. The fraction of sp³-hybridized carbons (Fsp3) is 0.500. The Morgan fingerprint density at radius 1 is 1.00 bits per heavy atom. The number of hydrogen-bond acceptors (Lipinski definition) is 2. The molecule has 0 aromatic heterocycles. The average Bonchev–Trinajstić information content (AvgIpc) is 1.61. The Labute approximate surface area is 68.8 Å². The molecule has 0 aromatic carbocycles. The Bertz CT molecular complexity index is 97.1. The summed E-state index contributed by atoms with van der Waals surface area (Å²) in [7, 11) is 0. The zero-order chi connectivity index (χ0) is 6.57. The summed E-state index contributed by atoms with van der Waals surface area (Å²) in [4.78, 5) is 19.3. The van der Waals surface area contributed by atoms with Gasteiger partial charge in [0.2, 0.25) is 0 Å². The van der Waals surface area contributed by atoms with Crippen LogP contribution < -0.4 is 0 Å². The maximum absolute atomic E-state index is 9.64. The first kappa shape index (κ1) is 11.5. The molecule has 0 rings (SSSR count). The Balaban J connectivity index is 0. The molecule has 0 aromatic rings. The van der Waals surface area contributed by atoms with Gasteiger partial charge in [-0.05, 0) is 0 Å². The summed E-state index contributed by atoms with van der Waals surface area (Å²) in [5.74, 6) is -2.15. The maximum atomic E-state index is 9.64. The smallest absolute Gasteiger partial charge is 0.303 e. The fourth-order valence-electron chi connectivity index (χ4n) is 0.214. The predicted octanol–water partition coefficient (Wildman–Crippen LogP) is -0.445. The van der Waals surface area contributed by atoms with Crippen molar-refractivity contribution in [1.29, 1.82) is 0 Å². The molecule has 0 aliphatic rings. The summed E-state index contributed by atoms with van der Waals surface area (Å²) in [5, 5.41) is 15.8. The predicted molar refractivity (Wildman–Crippen MR) is 30.3 cm³/mol. The quantitative estimate of drug-likeness (QED) is 0.652. The molecule has 2 N–H and O–H groups in total. The monoisotopic (exact) mass is 238 g/mol. The van der Waals surface area contributed by atoms with Gasteiger partial charge in [0.05, 0.1) is 12.8 Å². The molecule has 0 heterocycles. The third-order valence-electron chi connectivity index (χ3n) is 0.553. The van der Waals surface area contributed by atoms with E-state index >= 15 is 0 Å². The van der Waals surface area contributed by atoms with Crippen molar-refractivity contribution in [1.82, 2.24) is 0 Å². The van der Waals surface area contributed by atoms with Crippen LogP contribution in [0.3, 0.4) is 0 Å². The van der Waals surface area contributed by atoms with Crippen molar-refractivity contribution >= 4 is 35.8 Å². The van der Waals surface area contributed by atoms with Crippen LogP contribution in [0.25, 0.3) is 0 Å². The third kappa shape index (κ3) is 11.3. The molecule has 5 heteroatoms. The van der Waals surface area contributed by atoms with Crippen LogP contribution in [-0.4, -0.2) is 46.1 Å². The molecule has 0 bridgehead atoms. The molecular weight excluding hydrogens is 231 g/mol. The molecule has 9 heavy (non-hydrogen) atoms. The molecule has 4 nitrogen and oxygen atoms in total. The van der Waals surface area contributed by atoms with E-state index < -0.39 is 11.9 Å². The van der Waals surface area contributed by atoms with Crippen molar-refractivity contribution in [3.8, 4) is 0 Å². The van der Waals surface area contributed by atoms with E-state index in [2.05, 4.69) is 0 Å². The average molecular weight is 237 g/mol. The Morgan fingerprint density at radius 3 is 1.33 bits per heavy atom. The number of carboxylic acid groups (broad SMARTS) is 2. The van der Waals surface area contributed by atoms with E-state index in [1.807, 2.05) is 0 Å². The zero-order valence-corrected chi connectivity index (χ0v) is 7.48. The molecule has 0 spiro atoms. The minimum atomic E-state index is -1.08. The molecule has 0 unspecified atom stereocenters. The van der Waals surface area contributed by atoms with Crippen LogP contribution in [0.5, 0.6) is 0 Å². The van der Waals surface area contributed by atoms with Crippen molar-refractivity contribution in [3.63, 3.8) is 0 Å². The first-order valence-corrected chi connectivity index (χ1v) is 2.06. The molecule has 0 saturated carbocycles. The van der Waals surface area contributed by atoms with Gasteiger partial charge in [0.25, 0.3) is 0 Å². The van der Waals surface area contributed by atoms with Crippen molar-refractivity contribution in [3.05, 3.63) is 0 Å². The molecule has 0 atom stereocenters. The van der Waals surface area contributed by atoms with Crippen LogP contribution >= 0.6 is 0 Å². The number of aliphatic carboxylic acids is 2. The van der Waals surface area contributed by atoms with Gasteiger partial charge in [0, 0.05) is 23.9 Å². The minimum Gasteiger partial charge on any atom is -0.481 e. The van der Waals surface area contributed by atoms with Gasteiger partial charge in [0.1, 0.15) is 0 Å². The van der Waals surface area contributed by atoms with Crippen LogP contribution in [0.4, 0.5) is 0 Å². The number of carbonyl (C=O) groups is 2. The maximum Gasteiger partial charge on any atom is 0.303 e. The van der Waals surface area contributed by atoms with Gasteiger partial charge >= 0.3 is 11.9 Å². The number of hydrogen-bond donors (Lipinski definition) is 2. The van der Waals surface area contributed by atoms with Gasteiger partial charge in [-0.15, -0.1) is 0 Å². The summed E-state index contributed by atoms with van der Waals surface area (Å²) in [5.41, 5.74) is 0. The second-order valence-electron chi connectivity index (χ2n) is 1.29. The Kier molecular flexibility index (Phi) is 7.51. The van der Waals surface area contributed by atoms with Crippen molar-refractivity contribution < 1.29 is 19.8 Å². The van der Waals surface area contributed by atoms with Crippen molar-refractivity contribution in [2.45, 2.75) is 12.8 Å². The fourth-order valence-corrected chi connectivity index (χ4v) is 0.214. The molecule has 0 aliphatic carbocycles. The van der Waals surface area contributed by atoms with Crippen LogP contribution in [0.2, 0.25) is 0 Å². The van der Waals surface area contributed by atoms with Crippen LogP contribution in [0, 0.1) is 0 Å². The van der Waals surface area contributed by atoms with Crippen molar-refractivity contribution in [2.24, 2.45) is 0 Å². The van der Waals surface area contributed by atoms with Gasteiger partial charge in [-0.3, -0.25) is 9.59 Å². The Hall–Kier alpha value is -0.261. The van der Waals surface area contributed by atoms with E-state index in [1.54, 1.807) is 0 Å². The molecule has 0 aliphatic heterocycles. The summed E-state index contributed by atoms with van der Waals surface area (Å²) in [6.07, 6.45) is -0.593. The molecular formula is C4H6O4Sn. The summed E-state index contributed by atoms with van der Waals surface area (Å²) in [6.45, 7) is 0. The van der Waals surface area contributed by atoms with E-state index in [4.69, 9.17) is 10.2 Å². The summed E-state index contributed by atoms with van der Waals surface area (Å²) >= 11 is 0. The van der Waals surface area contributed by atoms with E-state index in [0.29, 0.717) is 0 Å². The van der Waals surface area contributed by atoms with E-state index in [1.165, 1.54) is 0 Å². The van der Waals surface area contributed by atoms with E-state index in [9.17, 15) is 9.59 Å². The van der Waals surface area contributed by atoms with Crippen LogP contribution in [0.1, 0.15) is 12.8 Å². The van der Waals surface area contributed by atoms with Gasteiger partial charge in [-0.1, -0.05) is 0 Å². The summed E-state index contributed by atoms with van der Waals surface area (Å²) < 4.78 is 0. The molecule has 0 amide bonds. The first-order chi connectivity index (χ1) is 3.63. The van der Waals surface area contributed by atoms with Crippen LogP contribution in [0.15, 0.2) is 0 Å². The van der Waals surface area contributed by atoms with Gasteiger partial charge in [-0.25, -0.2) is 0 Å². The second kappa shape index (κ2) is 5.87. The number of rotatable bonds is 3. The molecule has 0 fully saturated rings. The van der Waals surface area contributed by atoms with Gasteiger partial charge in [-0.2, -0.15) is 0 Å². The third-order valence-corrected chi connectivity index (χ3v) is 0.553. The first-order valence-electron chi connectivity index (χ1n) is 2.06. The van der Waals surface area contributed by atoms with Crippen molar-refractivity contribution in [2.75, 3.05) is 0 Å². The second-order valence-corrected chi connectivity index (χ2v) is 1.29. The standard InChI is InChI=1S/C4H6O4.Sn/c5-3(6)1-2-4(7)8;/h1-2H2,(H,5,6)(H,7,8);. The van der Waals surface area contributed by atoms with Gasteiger partial charge in [0.15, 0.2) is 0 Å². The molecule has 0 saturated heterocycles. The Morgan fingerprint density at radius 2 is 1.22 bits per heavy atom. The topological polar surface area (TPSA) is 74.6 Å². The minimum absolute atomic E-state index is 0. The summed E-state index contributed by atoms with van der Waals surface area (Å²) in [6, 6.07) is 0. The largest absolute Gasteiger partial charge is 0.481 e. The van der Waals surface area contributed by atoms with Crippen LogP contribution in [-0.2, 0) is 9.59 Å².